The average Bonchev–Trinajstić information content (AvgIpc) is 3.33. The SMILES string of the molecule is CS(=O)(=O)OCC1OC(=O)NC1CCCCC1CCN(C2CC2)CC1. The molecular weight excluding hydrogens is 344 g/mol. The van der Waals surface area contributed by atoms with Crippen LogP contribution < -0.4 is 5.32 Å². The number of rotatable bonds is 9. The molecule has 0 spiro atoms. The molecule has 2 unspecified atom stereocenters. The Balaban J connectivity index is 1.31. The van der Waals surface area contributed by atoms with Crippen LogP contribution in [0, 0.1) is 5.92 Å². The summed E-state index contributed by atoms with van der Waals surface area (Å²) >= 11 is 0. The first kappa shape index (κ1) is 18.9. The molecule has 0 aromatic rings. The number of piperidine rings is 1. The molecule has 1 amide bonds. The minimum atomic E-state index is -3.52. The minimum Gasteiger partial charge on any atom is -0.442 e. The molecule has 144 valence electrons. The molecule has 3 fully saturated rings. The maximum absolute atomic E-state index is 11.4. The van der Waals surface area contributed by atoms with E-state index in [1.165, 1.54) is 45.2 Å². The highest BCUT2D eigenvalue weighted by Gasteiger charge is 2.35. The van der Waals surface area contributed by atoms with Crippen molar-refractivity contribution in [1.82, 2.24) is 10.2 Å². The number of hydrogen-bond acceptors (Lipinski definition) is 6. The van der Waals surface area contributed by atoms with Gasteiger partial charge in [-0.05, 0) is 51.1 Å². The van der Waals surface area contributed by atoms with Gasteiger partial charge in [-0.15, -0.1) is 0 Å². The lowest BCUT2D eigenvalue weighted by Gasteiger charge is -2.32. The summed E-state index contributed by atoms with van der Waals surface area (Å²) in [7, 11) is -3.52. The molecular formula is C17H30N2O5S. The third kappa shape index (κ3) is 6.11. The van der Waals surface area contributed by atoms with Crippen molar-refractivity contribution in [1.29, 1.82) is 0 Å². The third-order valence-corrected chi connectivity index (χ3v) is 6.11. The van der Waals surface area contributed by atoms with Gasteiger partial charge >= 0.3 is 6.09 Å². The van der Waals surface area contributed by atoms with E-state index >= 15 is 0 Å². The second-order valence-corrected chi connectivity index (χ2v) is 9.32. The molecule has 0 aromatic carbocycles. The van der Waals surface area contributed by atoms with Gasteiger partial charge in [0.15, 0.2) is 0 Å². The smallest absolute Gasteiger partial charge is 0.407 e. The van der Waals surface area contributed by atoms with Crippen LogP contribution in [0.2, 0.25) is 0 Å². The van der Waals surface area contributed by atoms with Crippen molar-refractivity contribution in [3.8, 4) is 0 Å². The Hall–Kier alpha value is -0.860. The number of nitrogens with zero attached hydrogens (tertiary/aromatic N) is 1. The van der Waals surface area contributed by atoms with E-state index < -0.39 is 22.3 Å². The monoisotopic (exact) mass is 374 g/mol. The van der Waals surface area contributed by atoms with Gasteiger partial charge in [-0.3, -0.25) is 4.18 Å². The van der Waals surface area contributed by atoms with Gasteiger partial charge < -0.3 is 15.0 Å². The molecule has 1 aliphatic carbocycles. The molecule has 2 heterocycles. The van der Waals surface area contributed by atoms with Crippen molar-refractivity contribution in [2.45, 2.75) is 69.6 Å². The number of amides is 1. The summed E-state index contributed by atoms with van der Waals surface area (Å²) in [6, 6.07) is 0.726. The molecule has 8 heteroatoms. The van der Waals surface area contributed by atoms with E-state index in [4.69, 9.17) is 8.92 Å². The van der Waals surface area contributed by atoms with Crippen LogP contribution >= 0.6 is 0 Å². The molecule has 3 rings (SSSR count). The highest BCUT2D eigenvalue weighted by molar-refractivity contribution is 7.85. The molecule has 25 heavy (non-hydrogen) atoms. The molecule has 1 saturated carbocycles. The first-order valence-corrected chi connectivity index (χ1v) is 11.3. The summed E-state index contributed by atoms with van der Waals surface area (Å²) in [6.07, 6.45) is 9.58. The van der Waals surface area contributed by atoms with E-state index in [0.29, 0.717) is 0 Å². The Kier molecular flexibility index (Phi) is 6.22. The summed E-state index contributed by atoms with van der Waals surface area (Å²) in [6.45, 7) is 2.40. The number of likely N-dealkylation sites (tertiary alicyclic amines) is 1. The Labute approximate surface area is 150 Å². The average molecular weight is 375 g/mol. The fourth-order valence-electron chi connectivity index (χ4n) is 3.94. The topological polar surface area (TPSA) is 84.9 Å². The van der Waals surface area contributed by atoms with Gasteiger partial charge in [-0.2, -0.15) is 8.42 Å². The normalized spacial score (nSPS) is 28.8. The van der Waals surface area contributed by atoms with Gasteiger partial charge in [0.1, 0.15) is 12.7 Å². The lowest BCUT2D eigenvalue weighted by atomic mass is 9.90. The second kappa shape index (κ2) is 8.22. The maximum atomic E-state index is 11.4. The molecule has 3 aliphatic rings. The van der Waals surface area contributed by atoms with E-state index in [0.717, 1.165) is 37.5 Å². The Morgan fingerprint density at radius 2 is 1.84 bits per heavy atom. The van der Waals surface area contributed by atoms with Crippen molar-refractivity contribution < 1.29 is 22.1 Å². The standard InChI is InChI=1S/C17H30N2O5S/c1-25(21,22)23-12-16-15(18-17(20)24-16)5-3-2-4-13-8-10-19(11-9-13)14-6-7-14/h13-16H,2-12H2,1H3,(H,18,20). The molecule has 2 aliphatic heterocycles. The first-order valence-electron chi connectivity index (χ1n) is 9.46. The largest absolute Gasteiger partial charge is 0.442 e. The number of hydrogen-bond donors (Lipinski definition) is 1. The van der Waals surface area contributed by atoms with E-state index in [-0.39, 0.29) is 12.6 Å². The van der Waals surface area contributed by atoms with Crippen molar-refractivity contribution >= 4 is 16.2 Å². The Morgan fingerprint density at radius 1 is 1.16 bits per heavy atom. The molecule has 2 saturated heterocycles. The number of nitrogens with one attached hydrogen (secondary N) is 1. The third-order valence-electron chi connectivity index (χ3n) is 5.55. The summed E-state index contributed by atoms with van der Waals surface area (Å²) in [5.74, 6) is 0.828. The highest BCUT2D eigenvalue weighted by atomic mass is 32.2. The van der Waals surface area contributed by atoms with Gasteiger partial charge in [-0.25, -0.2) is 4.79 Å². The fourth-order valence-corrected chi connectivity index (χ4v) is 4.32. The van der Waals surface area contributed by atoms with Gasteiger partial charge in [0.25, 0.3) is 10.1 Å². The van der Waals surface area contributed by atoms with Crippen LogP contribution in [0.25, 0.3) is 0 Å². The maximum Gasteiger partial charge on any atom is 0.407 e. The van der Waals surface area contributed by atoms with Crippen LogP contribution in [0.1, 0.15) is 51.4 Å². The number of alkyl carbamates (subject to hydrolysis) is 1. The van der Waals surface area contributed by atoms with E-state index in [2.05, 4.69) is 10.2 Å². The molecule has 7 nitrogen and oxygen atoms in total. The Morgan fingerprint density at radius 3 is 2.48 bits per heavy atom. The molecule has 2 atom stereocenters. The van der Waals surface area contributed by atoms with Gasteiger partial charge in [0.2, 0.25) is 0 Å². The van der Waals surface area contributed by atoms with Crippen LogP contribution in [-0.2, 0) is 19.0 Å². The van der Waals surface area contributed by atoms with E-state index in [9.17, 15) is 13.2 Å². The van der Waals surface area contributed by atoms with Crippen molar-refractivity contribution in [2.75, 3.05) is 26.0 Å². The lowest BCUT2D eigenvalue weighted by Crippen LogP contribution is -2.35. The van der Waals surface area contributed by atoms with Gasteiger partial charge in [0, 0.05) is 6.04 Å². The first-order chi connectivity index (χ1) is 11.9. The van der Waals surface area contributed by atoms with Gasteiger partial charge in [0.05, 0.1) is 12.3 Å². The minimum absolute atomic E-state index is 0.109. The number of ether oxygens (including phenoxy) is 1. The zero-order valence-electron chi connectivity index (χ0n) is 15.0. The number of cyclic esters (lactones) is 1. The van der Waals surface area contributed by atoms with Crippen LogP contribution in [-0.4, -0.2) is 63.6 Å². The van der Waals surface area contributed by atoms with Crippen molar-refractivity contribution in [3.05, 3.63) is 0 Å². The molecule has 1 N–H and O–H groups in total. The number of carbonyl (C=O) groups excluding carboxylic acids is 1. The predicted molar refractivity (Wildman–Crippen MR) is 93.8 cm³/mol. The molecule has 0 bridgehead atoms. The summed E-state index contributed by atoms with van der Waals surface area (Å²) < 4.78 is 32.1. The van der Waals surface area contributed by atoms with Crippen LogP contribution in [0.3, 0.4) is 0 Å². The Bertz CT molecular complexity index is 555. The van der Waals surface area contributed by atoms with Crippen LogP contribution in [0.15, 0.2) is 0 Å². The zero-order chi connectivity index (χ0) is 17.9. The zero-order valence-corrected chi connectivity index (χ0v) is 15.8. The molecule has 0 radical (unpaired) electrons. The molecule has 0 aromatic heterocycles. The van der Waals surface area contributed by atoms with E-state index in [1.54, 1.807) is 0 Å². The number of carbonyl (C=O) groups is 1. The predicted octanol–water partition coefficient (Wildman–Crippen LogP) is 1.87. The summed E-state index contributed by atoms with van der Waals surface area (Å²) in [5.41, 5.74) is 0. The van der Waals surface area contributed by atoms with Crippen LogP contribution in [0.5, 0.6) is 0 Å². The quantitative estimate of drug-likeness (QED) is 0.490. The summed E-state index contributed by atoms with van der Waals surface area (Å²) in [4.78, 5) is 14.1. The van der Waals surface area contributed by atoms with Crippen molar-refractivity contribution in [3.63, 3.8) is 0 Å². The number of unbranched alkanes of at least 4 members (excludes halogenated alkanes) is 1. The van der Waals surface area contributed by atoms with Crippen LogP contribution in [0.4, 0.5) is 4.79 Å². The van der Waals surface area contributed by atoms with Gasteiger partial charge in [-0.1, -0.05) is 19.3 Å². The van der Waals surface area contributed by atoms with Crippen molar-refractivity contribution in [2.24, 2.45) is 5.92 Å². The van der Waals surface area contributed by atoms with E-state index in [1.807, 2.05) is 0 Å². The lowest BCUT2D eigenvalue weighted by molar-refractivity contribution is 0.0924. The highest BCUT2D eigenvalue weighted by Crippen LogP contribution is 2.32. The summed E-state index contributed by atoms with van der Waals surface area (Å²) in [5, 5.41) is 2.76. The second-order valence-electron chi connectivity index (χ2n) is 7.68. The fraction of sp³-hybridized carbons (Fsp3) is 0.941.